The predicted molar refractivity (Wildman–Crippen MR) is 162 cm³/mol. The van der Waals surface area contributed by atoms with Crippen molar-refractivity contribution in [3.63, 3.8) is 0 Å². The van der Waals surface area contributed by atoms with Gasteiger partial charge in [-0.3, -0.25) is 0 Å². The second-order valence-corrected chi connectivity index (χ2v) is 12.6. The molecular formula is C26H30N4O6S4. The third-order valence-corrected chi connectivity index (χ3v) is 9.58. The van der Waals surface area contributed by atoms with Crippen LogP contribution in [0.5, 0.6) is 23.0 Å². The van der Waals surface area contributed by atoms with Crippen molar-refractivity contribution in [1.29, 1.82) is 0 Å². The Morgan fingerprint density at radius 3 is 1.75 bits per heavy atom. The minimum Gasteiger partial charge on any atom is -0.485 e. The highest BCUT2D eigenvalue weighted by Gasteiger charge is 2.18. The zero-order valence-electron chi connectivity index (χ0n) is 21.5. The molecule has 2 unspecified atom stereocenters. The molecule has 2 aromatic heterocycles. The molecule has 40 heavy (non-hydrogen) atoms. The summed E-state index contributed by atoms with van der Waals surface area (Å²) in [5.41, 5.74) is 5.82. The van der Waals surface area contributed by atoms with E-state index in [1.807, 2.05) is 29.0 Å². The lowest BCUT2D eigenvalue weighted by Crippen LogP contribution is -2.25. The number of nitrogens with zero attached hydrogens (tertiary/aromatic N) is 2. The van der Waals surface area contributed by atoms with E-state index in [1.165, 1.54) is 22.7 Å². The smallest absolute Gasteiger partial charge is 0.180 e. The number of ether oxygens (including phenoxy) is 4. The van der Waals surface area contributed by atoms with Crippen LogP contribution in [0.3, 0.4) is 0 Å². The zero-order valence-corrected chi connectivity index (χ0v) is 24.8. The maximum Gasteiger partial charge on any atom is 0.180 e. The Labute approximate surface area is 248 Å². The van der Waals surface area contributed by atoms with Gasteiger partial charge in [0.2, 0.25) is 0 Å². The largest absolute Gasteiger partial charge is 0.485 e. The number of hydrazone groups is 2. The molecule has 2 atom stereocenters. The molecule has 214 valence electrons. The summed E-state index contributed by atoms with van der Waals surface area (Å²) in [6.45, 7) is 2.85. The highest BCUT2D eigenvalue weighted by atomic mass is 32.2. The van der Waals surface area contributed by atoms with E-state index in [0.717, 1.165) is 42.5 Å². The summed E-state index contributed by atoms with van der Waals surface area (Å²) in [6, 6.07) is 8.07. The molecule has 10 nitrogen and oxygen atoms in total. The van der Waals surface area contributed by atoms with E-state index < -0.39 is 12.2 Å². The van der Waals surface area contributed by atoms with Crippen LogP contribution in [0.25, 0.3) is 0 Å². The van der Waals surface area contributed by atoms with Crippen LogP contribution in [0.4, 0.5) is 0 Å². The minimum atomic E-state index is -0.567. The number of thiophene rings is 2. The summed E-state index contributed by atoms with van der Waals surface area (Å²) < 4.78 is 22.3. The minimum absolute atomic E-state index is 0.334. The van der Waals surface area contributed by atoms with Crippen LogP contribution < -0.4 is 29.8 Å². The van der Waals surface area contributed by atoms with Crippen LogP contribution in [0.2, 0.25) is 0 Å². The van der Waals surface area contributed by atoms with Gasteiger partial charge in [-0.25, -0.2) is 0 Å². The lowest BCUT2D eigenvalue weighted by Gasteiger charge is -2.15. The monoisotopic (exact) mass is 622 g/mol. The van der Waals surface area contributed by atoms with E-state index in [9.17, 15) is 10.2 Å². The SMILES string of the molecule is OC(CN/N=C/c1scc2c1OCCO2)CSc1cccc(SCC(O)CN/N=C/c2scc3c2OCCO3)c1. The number of fused-ring (bicyclic) bond motifs is 2. The van der Waals surface area contributed by atoms with Crippen molar-refractivity contribution in [2.24, 2.45) is 10.2 Å². The van der Waals surface area contributed by atoms with Crippen molar-refractivity contribution in [2.45, 2.75) is 22.0 Å². The number of rotatable bonds is 14. The Hall–Kier alpha value is -2.62. The Balaban J connectivity index is 0.978. The highest BCUT2D eigenvalue weighted by molar-refractivity contribution is 8.00. The van der Waals surface area contributed by atoms with Crippen LogP contribution in [0.1, 0.15) is 9.75 Å². The fourth-order valence-corrected chi connectivity index (χ4v) is 7.05. The van der Waals surface area contributed by atoms with Crippen molar-refractivity contribution in [3.05, 3.63) is 44.8 Å². The maximum atomic E-state index is 10.4. The quantitative estimate of drug-likeness (QED) is 0.121. The molecular weight excluding hydrogens is 593 g/mol. The van der Waals surface area contributed by atoms with Gasteiger partial charge in [-0.05, 0) is 18.2 Å². The van der Waals surface area contributed by atoms with Gasteiger partial charge in [0, 0.05) is 32.1 Å². The summed E-state index contributed by atoms with van der Waals surface area (Å²) in [5, 5.41) is 32.9. The summed E-state index contributed by atoms with van der Waals surface area (Å²) in [4.78, 5) is 3.88. The summed E-state index contributed by atoms with van der Waals surface area (Å²) in [5.74, 6) is 4.01. The lowest BCUT2D eigenvalue weighted by atomic mass is 10.4. The fraction of sp³-hybridized carbons (Fsp3) is 0.385. The Kier molecular flexibility index (Phi) is 10.7. The van der Waals surface area contributed by atoms with Crippen molar-refractivity contribution >= 4 is 58.6 Å². The van der Waals surface area contributed by atoms with Gasteiger partial charge >= 0.3 is 0 Å². The summed E-state index contributed by atoms with van der Waals surface area (Å²) in [7, 11) is 0. The molecule has 0 aliphatic carbocycles. The van der Waals surface area contributed by atoms with Crippen LogP contribution in [0, 0.1) is 0 Å². The molecule has 5 rings (SSSR count). The van der Waals surface area contributed by atoms with Gasteiger partial charge in [0.15, 0.2) is 23.0 Å². The van der Waals surface area contributed by atoms with Crippen LogP contribution in [-0.2, 0) is 0 Å². The molecule has 3 aromatic rings. The number of aliphatic hydroxyl groups is 2. The molecule has 0 bridgehead atoms. The van der Waals surface area contributed by atoms with Crippen LogP contribution in [-0.4, -0.2) is 85.9 Å². The second kappa shape index (κ2) is 14.8. The van der Waals surface area contributed by atoms with Gasteiger partial charge in [0.25, 0.3) is 0 Å². The number of aliphatic hydroxyl groups excluding tert-OH is 2. The molecule has 4 heterocycles. The summed E-state index contributed by atoms with van der Waals surface area (Å²) in [6.07, 6.45) is 2.25. The third-order valence-electron chi connectivity index (χ3n) is 5.55. The van der Waals surface area contributed by atoms with Crippen LogP contribution >= 0.6 is 46.2 Å². The van der Waals surface area contributed by atoms with Gasteiger partial charge in [-0.2, -0.15) is 10.2 Å². The van der Waals surface area contributed by atoms with Gasteiger partial charge in [0.05, 0.1) is 47.5 Å². The van der Waals surface area contributed by atoms with Crippen LogP contribution in [0.15, 0.2) is 55.0 Å². The van der Waals surface area contributed by atoms with Crippen molar-refractivity contribution in [2.75, 3.05) is 51.0 Å². The molecule has 0 fully saturated rings. The van der Waals surface area contributed by atoms with E-state index in [4.69, 9.17) is 18.9 Å². The second-order valence-electron chi connectivity index (χ2n) is 8.63. The molecule has 2 aliphatic heterocycles. The van der Waals surface area contributed by atoms with Gasteiger partial charge in [-0.15, -0.1) is 46.2 Å². The first-order valence-electron chi connectivity index (χ1n) is 12.6. The van der Waals surface area contributed by atoms with Crippen molar-refractivity contribution < 1.29 is 29.2 Å². The standard InChI is InChI=1S/C26H30N4O6S4/c31-17(9-27-29-11-23-25-21(15-39-23)33-4-6-35-25)13-37-19-2-1-3-20(8-19)38-14-18(32)10-28-30-12-24-26-22(16-40-24)34-5-7-36-26/h1-3,8,11-12,15-18,27-28,31-32H,4-7,9-10,13-14H2/b29-11+,30-12+. The molecule has 4 N–H and O–H groups in total. The van der Waals surface area contributed by atoms with E-state index in [0.29, 0.717) is 51.0 Å². The molecule has 1 aromatic carbocycles. The average molecular weight is 623 g/mol. The zero-order chi connectivity index (χ0) is 27.6. The molecule has 0 saturated heterocycles. The number of hydrogen-bond donors (Lipinski definition) is 4. The first-order chi connectivity index (χ1) is 19.7. The molecule has 0 saturated carbocycles. The third kappa shape index (κ3) is 8.21. The first-order valence-corrected chi connectivity index (χ1v) is 16.4. The summed E-state index contributed by atoms with van der Waals surface area (Å²) >= 11 is 6.16. The molecule has 0 spiro atoms. The number of benzene rings is 1. The average Bonchev–Trinajstić information content (AvgIpc) is 3.60. The maximum absolute atomic E-state index is 10.4. The number of thioether (sulfide) groups is 2. The molecule has 0 amide bonds. The van der Waals surface area contributed by atoms with Gasteiger partial charge < -0.3 is 40.0 Å². The highest BCUT2D eigenvalue weighted by Crippen LogP contribution is 2.39. The topological polar surface area (TPSA) is 126 Å². The predicted octanol–water partition coefficient (Wildman–Crippen LogP) is 3.51. The Bertz CT molecular complexity index is 1210. The normalized spacial score (nSPS) is 15.8. The van der Waals surface area contributed by atoms with Crippen molar-refractivity contribution in [1.82, 2.24) is 10.9 Å². The Morgan fingerprint density at radius 1 is 0.775 bits per heavy atom. The van der Waals surface area contributed by atoms with Crippen molar-refractivity contribution in [3.8, 4) is 23.0 Å². The van der Waals surface area contributed by atoms with E-state index in [-0.39, 0.29) is 0 Å². The molecule has 0 radical (unpaired) electrons. The number of nitrogens with one attached hydrogen (secondary N) is 2. The lowest BCUT2D eigenvalue weighted by molar-refractivity contribution is 0.173. The van der Waals surface area contributed by atoms with Gasteiger partial charge in [-0.1, -0.05) is 6.07 Å². The molecule has 14 heteroatoms. The van der Waals surface area contributed by atoms with Gasteiger partial charge in [0.1, 0.15) is 26.4 Å². The van der Waals surface area contributed by atoms with E-state index in [2.05, 4.69) is 27.1 Å². The first kappa shape index (κ1) is 28.9. The fourth-order valence-electron chi connectivity index (χ4n) is 3.62. The van der Waals surface area contributed by atoms with E-state index >= 15 is 0 Å². The van der Waals surface area contributed by atoms with E-state index in [1.54, 1.807) is 36.0 Å². The molecule has 2 aliphatic rings. The number of hydrogen-bond acceptors (Lipinski definition) is 14. The Morgan fingerprint density at radius 2 is 1.25 bits per heavy atom.